The average Bonchev–Trinajstić information content (AvgIpc) is 2.25. The fraction of sp³-hybridized carbons (Fsp3) is 0. The minimum absolute atomic E-state index is 0.591. The van der Waals surface area contributed by atoms with Gasteiger partial charge in [-0.2, -0.15) is 0 Å². The van der Waals surface area contributed by atoms with Crippen molar-refractivity contribution in [3.8, 4) is 11.1 Å². The van der Waals surface area contributed by atoms with Crippen LogP contribution < -0.4 is 0 Å². The Kier molecular flexibility index (Phi) is 3.66. The number of halogens is 4. The van der Waals surface area contributed by atoms with Gasteiger partial charge in [0.05, 0.1) is 0 Å². The van der Waals surface area contributed by atoms with Crippen LogP contribution in [0.5, 0.6) is 0 Å². The summed E-state index contributed by atoms with van der Waals surface area (Å²) in [6.45, 7) is 0. The predicted octanol–water partition coefficient (Wildman–Crippen LogP) is 5.97. The molecule has 0 N–H and O–H groups in total. The zero-order valence-corrected chi connectivity index (χ0v) is 11.0. The molecule has 0 heterocycles. The summed E-state index contributed by atoms with van der Waals surface area (Å²) in [5.74, 6) is 0. The van der Waals surface area contributed by atoms with Crippen molar-refractivity contribution in [2.75, 3.05) is 0 Å². The van der Waals surface area contributed by atoms with Crippen molar-refractivity contribution in [3.63, 3.8) is 0 Å². The molecule has 0 saturated carbocycles. The normalized spacial score (nSPS) is 10.5. The highest BCUT2D eigenvalue weighted by molar-refractivity contribution is 6.38. The summed E-state index contributed by atoms with van der Waals surface area (Å²) in [7, 11) is 0. The van der Waals surface area contributed by atoms with Gasteiger partial charge in [-0.1, -0.05) is 46.4 Å². The van der Waals surface area contributed by atoms with E-state index in [-0.39, 0.29) is 0 Å². The molecule has 0 aliphatic carbocycles. The second-order valence-corrected chi connectivity index (χ2v) is 4.94. The lowest BCUT2D eigenvalue weighted by molar-refractivity contribution is 1.61. The van der Waals surface area contributed by atoms with Crippen molar-refractivity contribution in [2.45, 2.75) is 0 Å². The number of hydrogen-bond acceptors (Lipinski definition) is 0. The third-order valence-electron chi connectivity index (χ3n) is 2.15. The molecule has 0 fully saturated rings. The molecule has 0 radical (unpaired) electrons. The SMILES string of the molecule is Cl[13c]1[13cH][13cH][13c](Cl)[13c](-[13c]2[13cH][13c](Cl)[13cH][13cH][13c]2Cl)[13cH]1. The van der Waals surface area contributed by atoms with Gasteiger partial charge in [-0.15, -0.1) is 0 Å². The molecule has 2 aromatic rings. The van der Waals surface area contributed by atoms with E-state index in [0.717, 1.165) is 11.1 Å². The van der Waals surface area contributed by atoms with Gasteiger partial charge in [0.2, 0.25) is 0 Å². The Morgan fingerprint density at radius 1 is 0.562 bits per heavy atom. The van der Waals surface area contributed by atoms with E-state index in [9.17, 15) is 0 Å². The van der Waals surface area contributed by atoms with Crippen LogP contribution in [0.2, 0.25) is 20.1 Å². The van der Waals surface area contributed by atoms with Gasteiger partial charge in [0.25, 0.3) is 0 Å². The Labute approximate surface area is 114 Å². The molecule has 0 aromatic heterocycles. The molecule has 0 unspecified atom stereocenters. The zero-order chi connectivity index (χ0) is 11.7. The smallest absolute Gasteiger partial charge is 0.0485 e. The minimum atomic E-state index is 0.591. The minimum Gasteiger partial charge on any atom is -0.0843 e. The summed E-state index contributed by atoms with van der Waals surface area (Å²) in [6.07, 6.45) is 0. The van der Waals surface area contributed by atoms with Gasteiger partial charge in [0.15, 0.2) is 0 Å². The molecule has 0 atom stereocenters. The second-order valence-electron chi connectivity index (χ2n) is 3.25. The van der Waals surface area contributed by atoms with Crippen molar-refractivity contribution in [1.82, 2.24) is 0 Å². The molecule has 2 aromatic carbocycles. The molecular weight excluding hydrogens is 298 g/mol. The fourth-order valence-corrected chi connectivity index (χ4v) is 2.19. The van der Waals surface area contributed by atoms with Crippen molar-refractivity contribution < 1.29 is 0 Å². The average molecular weight is 304 g/mol. The molecular formula is C12H6Cl4. The summed E-state index contributed by atoms with van der Waals surface area (Å²) in [6, 6.07) is 10.5. The van der Waals surface area contributed by atoms with E-state index in [1.54, 1.807) is 36.4 Å². The van der Waals surface area contributed by atoms with Crippen molar-refractivity contribution in [1.29, 1.82) is 0 Å². The van der Waals surface area contributed by atoms with Crippen LogP contribution in [0.3, 0.4) is 0 Å². The van der Waals surface area contributed by atoms with E-state index in [4.69, 9.17) is 46.4 Å². The van der Waals surface area contributed by atoms with Crippen LogP contribution in [0.15, 0.2) is 36.4 Å². The summed E-state index contributed by atoms with van der Waals surface area (Å²) < 4.78 is 0. The molecule has 0 aliphatic rings. The lowest BCUT2D eigenvalue weighted by Crippen LogP contribution is -1.82. The summed E-state index contributed by atoms with van der Waals surface area (Å²) in [4.78, 5) is 0. The van der Waals surface area contributed by atoms with E-state index < -0.39 is 0 Å². The quantitative estimate of drug-likeness (QED) is 0.609. The van der Waals surface area contributed by atoms with Crippen LogP contribution in [-0.4, -0.2) is 0 Å². The first kappa shape index (κ1) is 12.1. The van der Waals surface area contributed by atoms with E-state index in [2.05, 4.69) is 0 Å². The van der Waals surface area contributed by atoms with Crippen molar-refractivity contribution in [2.24, 2.45) is 0 Å². The Bertz CT molecular complexity index is 485. The van der Waals surface area contributed by atoms with Crippen LogP contribution in [0.1, 0.15) is 0 Å². The molecule has 0 saturated heterocycles. The maximum Gasteiger partial charge on any atom is 0.0485 e. The third kappa shape index (κ3) is 2.46. The van der Waals surface area contributed by atoms with Crippen LogP contribution in [-0.2, 0) is 0 Å². The van der Waals surface area contributed by atoms with Crippen LogP contribution in [0, 0.1) is 0 Å². The molecule has 16 heavy (non-hydrogen) atoms. The number of hydrogen-bond donors (Lipinski definition) is 0. The van der Waals surface area contributed by atoms with E-state index in [1.165, 1.54) is 0 Å². The summed E-state index contributed by atoms with van der Waals surface area (Å²) in [5.41, 5.74) is 1.56. The standard InChI is InChI=1S/C12H6Cl4/c13-7-1-3-11(15)9(5-7)10-6-8(14)2-4-12(10)16/h1-6H/i1+1,2+1,3+1,4+1,5+1,6+1,7+1,8+1,9+1,10+1,11+1,12+1. The Morgan fingerprint density at radius 2 is 0.938 bits per heavy atom. The van der Waals surface area contributed by atoms with Gasteiger partial charge >= 0.3 is 0 Å². The maximum atomic E-state index is 6.09. The van der Waals surface area contributed by atoms with Crippen LogP contribution in [0.25, 0.3) is 11.1 Å². The van der Waals surface area contributed by atoms with Crippen LogP contribution in [0.4, 0.5) is 0 Å². The first-order chi connectivity index (χ1) is 7.58. The lowest BCUT2D eigenvalue weighted by Gasteiger charge is -2.07. The molecule has 0 amide bonds. The van der Waals surface area contributed by atoms with E-state index in [0.29, 0.717) is 20.1 Å². The first-order valence-electron chi connectivity index (χ1n) is 4.48. The molecule has 82 valence electrons. The lowest BCUT2D eigenvalue weighted by atomic mass is 11.1. The first-order valence-corrected chi connectivity index (χ1v) is 5.99. The molecule has 0 spiro atoms. The monoisotopic (exact) mass is 302 g/mol. The fourth-order valence-electron chi connectivity index (χ4n) is 1.41. The predicted molar refractivity (Wildman–Crippen MR) is 71.9 cm³/mol. The topological polar surface area (TPSA) is 0 Å². The van der Waals surface area contributed by atoms with E-state index >= 15 is 0 Å². The number of rotatable bonds is 1. The molecule has 2 rings (SSSR count). The van der Waals surface area contributed by atoms with Crippen LogP contribution >= 0.6 is 46.4 Å². The molecule has 4 heteroatoms. The molecule has 0 nitrogen and oxygen atoms in total. The Hall–Kier alpha value is -0.400. The highest BCUT2D eigenvalue weighted by Crippen LogP contribution is 2.36. The Morgan fingerprint density at radius 3 is 1.31 bits per heavy atom. The van der Waals surface area contributed by atoms with Gasteiger partial charge < -0.3 is 0 Å². The maximum absolute atomic E-state index is 6.09. The van der Waals surface area contributed by atoms with Crippen molar-refractivity contribution >= 4 is 46.4 Å². The zero-order valence-electron chi connectivity index (χ0n) is 7.98. The van der Waals surface area contributed by atoms with E-state index in [1.807, 2.05) is 0 Å². The largest absolute Gasteiger partial charge is 0.0843 e. The second kappa shape index (κ2) is 4.85. The summed E-state index contributed by atoms with van der Waals surface area (Å²) >= 11 is 24.0. The molecule has 0 bridgehead atoms. The number of benzene rings is 2. The highest BCUT2D eigenvalue weighted by Gasteiger charge is 2.09. The molecule has 0 aliphatic heterocycles. The third-order valence-corrected chi connectivity index (χ3v) is 3.28. The van der Waals surface area contributed by atoms with Gasteiger partial charge in [0, 0.05) is 31.2 Å². The van der Waals surface area contributed by atoms with Gasteiger partial charge in [0.1, 0.15) is 0 Å². The van der Waals surface area contributed by atoms with Gasteiger partial charge in [-0.05, 0) is 36.4 Å². The Balaban J connectivity index is 2.66. The summed E-state index contributed by atoms with van der Waals surface area (Å²) in [5, 5.41) is 2.40. The highest BCUT2D eigenvalue weighted by atomic mass is 35.5. The van der Waals surface area contributed by atoms with Gasteiger partial charge in [-0.25, -0.2) is 0 Å². The van der Waals surface area contributed by atoms with Crippen molar-refractivity contribution in [3.05, 3.63) is 56.5 Å². The van der Waals surface area contributed by atoms with Gasteiger partial charge in [-0.3, -0.25) is 0 Å².